The van der Waals surface area contributed by atoms with Gasteiger partial charge in [0, 0.05) is 5.69 Å². The summed E-state index contributed by atoms with van der Waals surface area (Å²) in [5.74, 6) is -1.13. The molecule has 0 saturated heterocycles. The van der Waals surface area contributed by atoms with Gasteiger partial charge in [0.05, 0.1) is 17.7 Å². The second kappa shape index (κ2) is 6.02. The Labute approximate surface area is 112 Å². The van der Waals surface area contributed by atoms with Gasteiger partial charge in [-0.05, 0) is 37.5 Å². The first-order valence-electron chi connectivity index (χ1n) is 6.38. The van der Waals surface area contributed by atoms with E-state index in [-0.39, 0.29) is 12.2 Å². The largest absolute Gasteiger partial charge is 0.399 e. The monoisotopic (exact) mass is 268 g/mol. The minimum atomic E-state index is -0.720. The first-order valence-corrected chi connectivity index (χ1v) is 6.38. The van der Waals surface area contributed by atoms with Crippen LogP contribution >= 0.6 is 0 Å². The molecule has 1 aromatic carbocycles. The van der Waals surface area contributed by atoms with E-state index in [0.29, 0.717) is 24.1 Å². The Morgan fingerprint density at radius 1 is 1.42 bits per heavy atom. The summed E-state index contributed by atoms with van der Waals surface area (Å²) in [4.78, 5) is 12.1. The van der Waals surface area contributed by atoms with Gasteiger partial charge in [0.1, 0.15) is 5.82 Å². The van der Waals surface area contributed by atoms with Crippen LogP contribution < -0.4 is 11.1 Å². The van der Waals surface area contributed by atoms with Gasteiger partial charge in [0.25, 0.3) is 5.91 Å². The molecule has 1 aromatic rings. The molecule has 0 bridgehead atoms. The molecule has 106 valence electrons. The van der Waals surface area contributed by atoms with Gasteiger partial charge in [-0.3, -0.25) is 4.79 Å². The number of carbonyl (C=O) groups is 1. The summed E-state index contributed by atoms with van der Waals surface area (Å²) in [6, 6.07) is 2.79. The van der Waals surface area contributed by atoms with Crippen LogP contribution in [0.3, 0.4) is 0 Å². The van der Waals surface area contributed by atoms with Crippen molar-refractivity contribution in [3.8, 4) is 0 Å². The number of hydrogen-bond acceptors (Lipinski definition) is 3. The number of aliphatic hydroxyl groups excluding tert-OH is 1. The summed E-state index contributed by atoms with van der Waals surface area (Å²) in [6.07, 6.45) is 1.13. The molecule has 0 unspecified atom stereocenters. The number of hydrogen-bond donors (Lipinski definition) is 3. The van der Waals surface area contributed by atoms with E-state index in [1.807, 2.05) is 13.8 Å². The van der Waals surface area contributed by atoms with Crippen molar-refractivity contribution >= 4 is 11.6 Å². The number of amides is 1. The van der Waals surface area contributed by atoms with Crippen LogP contribution in [0, 0.1) is 12.7 Å². The molecule has 0 radical (unpaired) electrons. The van der Waals surface area contributed by atoms with E-state index in [4.69, 9.17) is 5.73 Å². The van der Waals surface area contributed by atoms with Gasteiger partial charge in [-0.1, -0.05) is 13.8 Å². The predicted molar refractivity (Wildman–Crippen MR) is 73.4 cm³/mol. The normalized spacial score (nSPS) is 11.4. The lowest BCUT2D eigenvalue weighted by atomic mass is 9.93. The quantitative estimate of drug-likeness (QED) is 0.715. The standard InChI is InChI=1S/C14H21FN2O2/c1-4-14(5-2,8-18)17-13(19)11-7-10(16)6-9(3)12(11)15/h6-7,18H,4-5,8,16H2,1-3H3,(H,17,19). The molecule has 4 N–H and O–H groups in total. The Balaban J connectivity index is 3.08. The van der Waals surface area contributed by atoms with E-state index in [0.717, 1.165) is 0 Å². The van der Waals surface area contributed by atoms with E-state index < -0.39 is 17.3 Å². The van der Waals surface area contributed by atoms with E-state index in [1.165, 1.54) is 12.1 Å². The lowest BCUT2D eigenvalue weighted by molar-refractivity contribution is 0.0813. The Kier molecular flexibility index (Phi) is 4.89. The molecular formula is C14H21FN2O2. The second-order valence-corrected chi connectivity index (χ2v) is 4.80. The second-order valence-electron chi connectivity index (χ2n) is 4.80. The molecule has 19 heavy (non-hydrogen) atoms. The summed E-state index contributed by atoms with van der Waals surface area (Å²) in [5, 5.41) is 12.1. The van der Waals surface area contributed by atoms with Crippen LogP contribution in [-0.4, -0.2) is 23.2 Å². The molecular weight excluding hydrogens is 247 g/mol. The smallest absolute Gasteiger partial charge is 0.254 e. The van der Waals surface area contributed by atoms with E-state index in [9.17, 15) is 14.3 Å². The Hall–Kier alpha value is -1.62. The molecule has 0 aliphatic heterocycles. The predicted octanol–water partition coefficient (Wildman–Crippen LogP) is 2.00. The van der Waals surface area contributed by atoms with E-state index >= 15 is 0 Å². The first kappa shape index (κ1) is 15.4. The average molecular weight is 268 g/mol. The van der Waals surface area contributed by atoms with Crippen molar-refractivity contribution in [1.82, 2.24) is 5.32 Å². The Morgan fingerprint density at radius 2 is 2.00 bits per heavy atom. The van der Waals surface area contributed by atoms with Crippen LogP contribution in [-0.2, 0) is 0 Å². The third kappa shape index (κ3) is 3.23. The SMILES string of the molecule is CCC(CC)(CO)NC(=O)c1cc(N)cc(C)c1F. The summed E-state index contributed by atoms with van der Waals surface area (Å²) in [5.41, 5.74) is 5.49. The summed E-state index contributed by atoms with van der Waals surface area (Å²) in [7, 11) is 0. The van der Waals surface area contributed by atoms with Gasteiger partial charge in [-0.15, -0.1) is 0 Å². The molecule has 0 saturated carbocycles. The molecule has 0 fully saturated rings. The van der Waals surface area contributed by atoms with Crippen LogP contribution in [0.1, 0.15) is 42.6 Å². The lowest BCUT2D eigenvalue weighted by Crippen LogP contribution is -2.50. The van der Waals surface area contributed by atoms with Crippen molar-refractivity contribution in [2.24, 2.45) is 0 Å². The highest BCUT2D eigenvalue weighted by molar-refractivity contribution is 5.96. The number of anilines is 1. The zero-order valence-electron chi connectivity index (χ0n) is 11.6. The fourth-order valence-electron chi connectivity index (χ4n) is 1.96. The van der Waals surface area contributed by atoms with Crippen molar-refractivity contribution in [2.75, 3.05) is 12.3 Å². The van der Waals surface area contributed by atoms with Crippen molar-refractivity contribution in [3.63, 3.8) is 0 Å². The number of rotatable bonds is 5. The minimum absolute atomic E-state index is 0.0859. The number of nitrogens with two attached hydrogens (primary N) is 1. The van der Waals surface area contributed by atoms with Crippen molar-refractivity contribution in [2.45, 2.75) is 39.2 Å². The number of aryl methyl sites for hydroxylation is 1. The number of nitrogens with one attached hydrogen (secondary N) is 1. The van der Waals surface area contributed by atoms with E-state index in [1.54, 1.807) is 6.92 Å². The van der Waals surface area contributed by atoms with Crippen molar-refractivity contribution in [3.05, 3.63) is 29.1 Å². The average Bonchev–Trinajstić information content (AvgIpc) is 2.40. The zero-order valence-corrected chi connectivity index (χ0v) is 11.6. The highest BCUT2D eigenvalue weighted by Gasteiger charge is 2.28. The van der Waals surface area contributed by atoms with Crippen molar-refractivity contribution in [1.29, 1.82) is 0 Å². The van der Waals surface area contributed by atoms with Gasteiger partial charge in [0.15, 0.2) is 0 Å². The number of carbonyl (C=O) groups excluding carboxylic acids is 1. The van der Waals surface area contributed by atoms with Crippen molar-refractivity contribution < 1.29 is 14.3 Å². The Bertz CT molecular complexity index is 462. The lowest BCUT2D eigenvalue weighted by Gasteiger charge is -2.30. The number of benzene rings is 1. The van der Waals surface area contributed by atoms with Crippen LogP contribution in [0.5, 0.6) is 0 Å². The van der Waals surface area contributed by atoms with Gasteiger partial charge >= 0.3 is 0 Å². The fraction of sp³-hybridized carbons (Fsp3) is 0.500. The summed E-state index contributed by atoms with van der Waals surface area (Å²) < 4.78 is 13.9. The van der Waals surface area contributed by atoms with Crippen LogP contribution in [0.4, 0.5) is 10.1 Å². The molecule has 0 spiro atoms. The molecule has 0 aromatic heterocycles. The maximum absolute atomic E-state index is 13.9. The number of aliphatic hydroxyl groups is 1. The molecule has 0 aliphatic carbocycles. The fourth-order valence-corrected chi connectivity index (χ4v) is 1.96. The van der Waals surface area contributed by atoms with Crippen LogP contribution in [0.25, 0.3) is 0 Å². The number of nitrogen functional groups attached to an aromatic ring is 1. The molecule has 1 rings (SSSR count). The van der Waals surface area contributed by atoms with Gasteiger partial charge < -0.3 is 16.2 Å². The van der Waals surface area contributed by atoms with Crippen LogP contribution in [0.15, 0.2) is 12.1 Å². The highest BCUT2D eigenvalue weighted by atomic mass is 19.1. The maximum Gasteiger partial charge on any atom is 0.254 e. The van der Waals surface area contributed by atoms with Gasteiger partial charge in [-0.25, -0.2) is 4.39 Å². The van der Waals surface area contributed by atoms with Gasteiger partial charge in [0.2, 0.25) is 0 Å². The number of halogens is 1. The highest BCUT2D eigenvalue weighted by Crippen LogP contribution is 2.20. The summed E-state index contributed by atoms with van der Waals surface area (Å²) >= 11 is 0. The maximum atomic E-state index is 13.9. The molecule has 0 heterocycles. The molecule has 4 nitrogen and oxygen atoms in total. The third-order valence-electron chi connectivity index (χ3n) is 3.56. The molecule has 0 aliphatic rings. The third-order valence-corrected chi connectivity index (χ3v) is 3.56. The molecule has 0 atom stereocenters. The zero-order chi connectivity index (χ0) is 14.6. The topological polar surface area (TPSA) is 75.3 Å². The Morgan fingerprint density at radius 3 is 2.47 bits per heavy atom. The molecule has 5 heteroatoms. The first-order chi connectivity index (χ1) is 8.89. The van der Waals surface area contributed by atoms with E-state index in [2.05, 4.69) is 5.32 Å². The molecule has 1 amide bonds. The minimum Gasteiger partial charge on any atom is -0.399 e. The van der Waals surface area contributed by atoms with Crippen LogP contribution in [0.2, 0.25) is 0 Å². The van der Waals surface area contributed by atoms with Gasteiger partial charge in [-0.2, -0.15) is 0 Å². The summed E-state index contributed by atoms with van der Waals surface area (Å²) in [6.45, 7) is 5.10.